The minimum atomic E-state index is -3.90. The molecule has 0 bridgehead atoms. The topological polar surface area (TPSA) is 78.2 Å². The van der Waals surface area contributed by atoms with Crippen molar-refractivity contribution in [2.75, 3.05) is 0 Å². The molecular formula is C8H5BrClNO3S. The zero-order valence-corrected chi connectivity index (χ0v) is 10.4. The van der Waals surface area contributed by atoms with Gasteiger partial charge in [0, 0.05) is 15.2 Å². The van der Waals surface area contributed by atoms with Gasteiger partial charge in [0.1, 0.15) is 6.07 Å². The van der Waals surface area contributed by atoms with Crippen LogP contribution in [0.4, 0.5) is 0 Å². The standard InChI is InChI=1S/C8H5BrClNO3S/c9-8-5(3-11)1-7(15(10,13)14)2-6(8)4-12/h1-2,12H,4H2. The average Bonchev–Trinajstić information content (AvgIpc) is 2.16. The van der Waals surface area contributed by atoms with Gasteiger partial charge in [0.2, 0.25) is 0 Å². The second-order valence-corrected chi connectivity index (χ2v) is 6.01. The Balaban J connectivity index is 3.56. The highest BCUT2D eigenvalue weighted by atomic mass is 79.9. The predicted molar refractivity (Wildman–Crippen MR) is 57.8 cm³/mol. The molecule has 0 aliphatic carbocycles. The van der Waals surface area contributed by atoms with Crippen molar-refractivity contribution >= 4 is 35.7 Å². The van der Waals surface area contributed by atoms with Crippen LogP contribution in [0.25, 0.3) is 0 Å². The fourth-order valence-corrected chi connectivity index (χ4v) is 2.24. The number of hydrogen-bond donors (Lipinski definition) is 1. The number of aliphatic hydroxyl groups excluding tert-OH is 1. The van der Waals surface area contributed by atoms with E-state index < -0.39 is 9.05 Å². The van der Waals surface area contributed by atoms with Crippen LogP contribution in [-0.4, -0.2) is 13.5 Å². The molecule has 0 aliphatic heterocycles. The van der Waals surface area contributed by atoms with Gasteiger partial charge >= 0.3 is 0 Å². The number of aliphatic hydroxyl groups is 1. The number of nitriles is 1. The molecule has 0 saturated heterocycles. The number of nitrogens with zero attached hydrogens (tertiary/aromatic N) is 1. The lowest BCUT2D eigenvalue weighted by Crippen LogP contribution is -1.97. The van der Waals surface area contributed by atoms with E-state index in [1.54, 1.807) is 6.07 Å². The van der Waals surface area contributed by atoms with Gasteiger partial charge in [-0.25, -0.2) is 8.42 Å². The summed E-state index contributed by atoms with van der Waals surface area (Å²) in [5.41, 5.74) is 0.411. The van der Waals surface area contributed by atoms with Gasteiger partial charge in [0.05, 0.1) is 17.1 Å². The first-order chi connectivity index (χ1) is 6.90. The highest BCUT2D eigenvalue weighted by molar-refractivity contribution is 9.10. The molecule has 0 heterocycles. The molecule has 0 atom stereocenters. The first-order valence-corrected chi connectivity index (χ1v) is 6.78. The van der Waals surface area contributed by atoms with Gasteiger partial charge in [0.25, 0.3) is 9.05 Å². The molecule has 0 aromatic heterocycles. The third-order valence-electron chi connectivity index (χ3n) is 1.69. The molecule has 0 saturated carbocycles. The SMILES string of the molecule is N#Cc1cc(S(=O)(=O)Cl)cc(CO)c1Br. The molecule has 4 nitrogen and oxygen atoms in total. The van der Waals surface area contributed by atoms with Crippen LogP contribution in [-0.2, 0) is 15.7 Å². The highest BCUT2D eigenvalue weighted by Crippen LogP contribution is 2.27. The van der Waals surface area contributed by atoms with Crippen molar-refractivity contribution in [3.8, 4) is 6.07 Å². The minimum absolute atomic E-state index is 0.112. The van der Waals surface area contributed by atoms with Gasteiger partial charge in [-0.05, 0) is 33.6 Å². The Morgan fingerprint density at radius 2 is 2.13 bits per heavy atom. The second-order valence-electron chi connectivity index (χ2n) is 2.65. The highest BCUT2D eigenvalue weighted by Gasteiger charge is 2.15. The molecule has 1 aromatic rings. The predicted octanol–water partition coefficient (Wildman–Crippen LogP) is 1.74. The third-order valence-corrected chi connectivity index (χ3v) is 3.96. The van der Waals surface area contributed by atoms with Crippen LogP contribution >= 0.6 is 26.6 Å². The quantitative estimate of drug-likeness (QED) is 0.844. The molecule has 0 unspecified atom stereocenters. The van der Waals surface area contributed by atoms with Gasteiger partial charge in [-0.15, -0.1) is 0 Å². The maximum absolute atomic E-state index is 11.0. The first kappa shape index (κ1) is 12.5. The van der Waals surface area contributed by atoms with Crippen LogP contribution in [0.5, 0.6) is 0 Å². The van der Waals surface area contributed by atoms with Crippen molar-refractivity contribution in [1.29, 1.82) is 5.26 Å². The number of hydrogen-bond acceptors (Lipinski definition) is 4. The average molecular weight is 311 g/mol. The molecule has 0 radical (unpaired) electrons. The van der Waals surface area contributed by atoms with Crippen molar-refractivity contribution in [2.24, 2.45) is 0 Å². The molecule has 80 valence electrons. The molecule has 1 N–H and O–H groups in total. The van der Waals surface area contributed by atoms with Gasteiger partial charge in [-0.2, -0.15) is 5.26 Å². The van der Waals surface area contributed by atoms with Gasteiger partial charge < -0.3 is 5.11 Å². The lowest BCUT2D eigenvalue weighted by Gasteiger charge is -2.05. The molecular weight excluding hydrogens is 306 g/mol. The maximum atomic E-state index is 11.0. The van der Waals surface area contributed by atoms with E-state index in [2.05, 4.69) is 15.9 Å². The fourth-order valence-electron chi connectivity index (χ4n) is 0.993. The lowest BCUT2D eigenvalue weighted by molar-refractivity contribution is 0.280. The zero-order chi connectivity index (χ0) is 11.6. The van der Waals surface area contributed by atoms with Crippen molar-refractivity contribution in [1.82, 2.24) is 0 Å². The zero-order valence-electron chi connectivity index (χ0n) is 7.24. The summed E-state index contributed by atoms with van der Waals surface area (Å²) in [6, 6.07) is 4.16. The number of halogens is 2. The monoisotopic (exact) mass is 309 g/mol. The van der Waals surface area contributed by atoms with E-state index in [9.17, 15) is 8.42 Å². The third kappa shape index (κ3) is 2.69. The molecule has 15 heavy (non-hydrogen) atoms. The van der Waals surface area contributed by atoms with E-state index in [0.29, 0.717) is 10.0 Å². The summed E-state index contributed by atoms with van der Waals surface area (Å²) in [6.45, 7) is -0.379. The Morgan fingerprint density at radius 1 is 1.53 bits per heavy atom. The van der Waals surface area contributed by atoms with E-state index in [1.807, 2.05) is 0 Å². The smallest absolute Gasteiger partial charge is 0.261 e. The van der Waals surface area contributed by atoms with E-state index in [-0.39, 0.29) is 17.1 Å². The second kappa shape index (κ2) is 4.49. The number of benzene rings is 1. The maximum Gasteiger partial charge on any atom is 0.261 e. The summed E-state index contributed by atoms with van der Waals surface area (Å²) in [7, 11) is 1.24. The summed E-state index contributed by atoms with van der Waals surface area (Å²) in [6.07, 6.45) is 0. The summed E-state index contributed by atoms with van der Waals surface area (Å²) in [5.74, 6) is 0. The van der Waals surface area contributed by atoms with Crippen LogP contribution in [0.2, 0.25) is 0 Å². The molecule has 7 heteroatoms. The van der Waals surface area contributed by atoms with Crippen LogP contribution < -0.4 is 0 Å². The van der Waals surface area contributed by atoms with Gasteiger partial charge in [-0.3, -0.25) is 0 Å². The Hall–Kier alpha value is -0.610. The largest absolute Gasteiger partial charge is 0.392 e. The van der Waals surface area contributed by atoms with Crippen LogP contribution in [0.15, 0.2) is 21.5 Å². The molecule has 0 fully saturated rings. The summed E-state index contributed by atoms with van der Waals surface area (Å²) < 4.78 is 22.5. The van der Waals surface area contributed by atoms with Crippen molar-refractivity contribution in [3.05, 3.63) is 27.7 Å². The van der Waals surface area contributed by atoms with Crippen molar-refractivity contribution < 1.29 is 13.5 Å². The van der Waals surface area contributed by atoms with Crippen molar-refractivity contribution in [3.63, 3.8) is 0 Å². The number of rotatable bonds is 2. The van der Waals surface area contributed by atoms with Gasteiger partial charge in [0.15, 0.2) is 0 Å². The molecule has 0 amide bonds. The first-order valence-electron chi connectivity index (χ1n) is 3.68. The normalized spacial score (nSPS) is 11.1. The van der Waals surface area contributed by atoms with E-state index in [1.165, 1.54) is 6.07 Å². The molecule has 0 spiro atoms. The molecule has 0 aliphatic rings. The Kier molecular flexibility index (Phi) is 3.73. The van der Waals surface area contributed by atoms with Crippen LogP contribution in [0.1, 0.15) is 11.1 Å². The van der Waals surface area contributed by atoms with E-state index in [0.717, 1.165) is 6.07 Å². The van der Waals surface area contributed by atoms with E-state index in [4.69, 9.17) is 21.1 Å². The summed E-state index contributed by atoms with van der Waals surface area (Å²) in [5, 5.41) is 17.7. The Bertz CT molecular complexity index is 536. The fraction of sp³-hybridized carbons (Fsp3) is 0.125. The summed E-state index contributed by atoms with van der Waals surface area (Å²) >= 11 is 3.08. The lowest BCUT2D eigenvalue weighted by atomic mass is 10.1. The Morgan fingerprint density at radius 3 is 2.53 bits per heavy atom. The van der Waals surface area contributed by atoms with Crippen LogP contribution in [0, 0.1) is 11.3 Å². The van der Waals surface area contributed by atoms with Gasteiger partial charge in [-0.1, -0.05) is 0 Å². The molecule has 1 aromatic carbocycles. The minimum Gasteiger partial charge on any atom is -0.392 e. The molecule has 1 rings (SSSR count). The summed E-state index contributed by atoms with van der Waals surface area (Å²) in [4.78, 5) is -0.201. The van der Waals surface area contributed by atoms with Crippen molar-refractivity contribution in [2.45, 2.75) is 11.5 Å². The van der Waals surface area contributed by atoms with Crippen LogP contribution in [0.3, 0.4) is 0 Å². The van der Waals surface area contributed by atoms with E-state index >= 15 is 0 Å². The Labute approximate surface area is 99.6 Å².